The molecule has 0 saturated heterocycles. The summed E-state index contributed by atoms with van der Waals surface area (Å²) >= 11 is 0. The molecule has 1 aliphatic carbocycles. The van der Waals surface area contributed by atoms with Gasteiger partial charge in [0.25, 0.3) is 11.8 Å². The van der Waals surface area contributed by atoms with E-state index in [1.165, 1.54) is 6.33 Å². The van der Waals surface area contributed by atoms with Crippen LogP contribution in [0.1, 0.15) is 71.3 Å². The highest BCUT2D eigenvalue weighted by atomic mass is 16.5. The normalized spacial score (nSPS) is 18.6. The summed E-state index contributed by atoms with van der Waals surface area (Å²) in [7, 11) is 0. The first-order valence-electron chi connectivity index (χ1n) is 13.4. The summed E-state index contributed by atoms with van der Waals surface area (Å²) in [5, 5.41) is 5.90. The van der Waals surface area contributed by atoms with Gasteiger partial charge >= 0.3 is 0 Å². The van der Waals surface area contributed by atoms with Crippen molar-refractivity contribution < 1.29 is 19.1 Å². The van der Waals surface area contributed by atoms with Crippen LogP contribution < -0.4 is 15.4 Å². The summed E-state index contributed by atoms with van der Waals surface area (Å²) in [6.07, 6.45) is 3.23. The second-order valence-corrected chi connectivity index (χ2v) is 10.9. The molecular formula is C30H35N5O4. The highest BCUT2D eigenvalue weighted by molar-refractivity contribution is 6.07. The van der Waals surface area contributed by atoms with Crippen LogP contribution in [-0.4, -0.2) is 49.9 Å². The van der Waals surface area contributed by atoms with Gasteiger partial charge in [-0.25, -0.2) is 4.98 Å². The SMILES string of the molecule is Cc1cccc(CNC(=O)[C@]2(C)Cn3cnc(C(=O)NCc4ccc(OC(C)C)cc4)c3C(=O)N2C2CC2)c1. The highest BCUT2D eigenvalue weighted by Gasteiger charge is 2.53. The van der Waals surface area contributed by atoms with E-state index in [1.54, 1.807) is 16.4 Å². The molecule has 0 bridgehead atoms. The number of amides is 3. The number of rotatable bonds is 9. The Labute approximate surface area is 228 Å². The van der Waals surface area contributed by atoms with Crippen molar-refractivity contribution in [1.82, 2.24) is 25.1 Å². The van der Waals surface area contributed by atoms with E-state index in [9.17, 15) is 14.4 Å². The Bertz CT molecular complexity index is 1390. The minimum Gasteiger partial charge on any atom is -0.491 e. The predicted molar refractivity (Wildman–Crippen MR) is 146 cm³/mol. The number of imidazole rings is 1. The Morgan fingerprint density at radius 1 is 1.08 bits per heavy atom. The van der Waals surface area contributed by atoms with Crippen molar-refractivity contribution in [2.45, 2.75) is 77.9 Å². The summed E-state index contributed by atoms with van der Waals surface area (Å²) in [6.45, 7) is 8.61. The van der Waals surface area contributed by atoms with Gasteiger partial charge in [-0.2, -0.15) is 0 Å². The van der Waals surface area contributed by atoms with E-state index in [-0.39, 0.29) is 48.4 Å². The van der Waals surface area contributed by atoms with E-state index in [4.69, 9.17) is 4.74 Å². The van der Waals surface area contributed by atoms with E-state index in [1.807, 2.05) is 69.3 Å². The molecule has 204 valence electrons. The van der Waals surface area contributed by atoms with Crippen LogP contribution in [-0.2, 0) is 24.4 Å². The van der Waals surface area contributed by atoms with Gasteiger partial charge in [-0.15, -0.1) is 0 Å². The molecule has 1 aliphatic heterocycles. The third-order valence-electron chi connectivity index (χ3n) is 7.17. The first-order valence-corrected chi connectivity index (χ1v) is 13.4. The molecule has 9 nitrogen and oxygen atoms in total. The average molecular weight is 530 g/mol. The number of ether oxygens (including phenoxy) is 1. The minimum atomic E-state index is -1.09. The van der Waals surface area contributed by atoms with Crippen LogP contribution in [0.2, 0.25) is 0 Å². The molecule has 0 radical (unpaired) electrons. The summed E-state index contributed by atoms with van der Waals surface area (Å²) in [5.41, 5.74) is 2.22. The fraction of sp³-hybridized carbons (Fsp3) is 0.400. The summed E-state index contributed by atoms with van der Waals surface area (Å²) < 4.78 is 7.31. The van der Waals surface area contributed by atoms with E-state index in [0.717, 1.165) is 35.3 Å². The average Bonchev–Trinajstić information content (AvgIpc) is 3.64. The molecule has 2 heterocycles. The molecule has 3 amide bonds. The van der Waals surface area contributed by atoms with Crippen LogP contribution >= 0.6 is 0 Å². The fourth-order valence-electron chi connectivity index (χ4n) is 5.14. The summed E-state index contributed by atoms with van der Waals surface area (Å²) in [4.78, 5) is 46.4. The third kappa shape index (κ3) is 5.53. The van der Waals surface area contributed by atoms with E-state index < -0.39 is 11.4 Å². The van der Waals surface area contributed by atoms with Gasteiger partial charge in [0.05, 0.1) is 19.0 Å². The maximum Gasteiger partial charge on any atom is 0.274 e. The van der Waals surface area contributed by atoms with Crippen LogP contribution in [0, 0.1) is 6.92 Å². The minimum absolute atomic E-state index is 0.0293. The number of hydrogen-bond acceptors (Lipinski definition) is 5. The summed E-state index contributed by atoms with van der Waals surface area (Å²) in [5.74, 6) is -0.225. The van der Waals surface area contributed by atoms with Gasteiger partial charge in [-0.1, -0.05) is 42.0 Å². The van der Waals surface area contributed by atoms with Crippen molar-refractivity contribution >= 4 is 17.7 Å². The molecule has 9 heteroatoms. The van der Waals surface area contributed by atoms with Gasteiger partial charge in [0.2, 0.25) is 5.91 Å². The lowest BCUT2D eigenvalue weighted by atomic mass is 9.93. The number of aryl methyl sites for hydroxylation is 1. The molecule has 39 heavy (non-hydrogen) atoms. The van der Waals surface area contributed by atoms with Crippen molar-refractivity contribution in [3.8, 4) is 5.75 Å². The number of benzene rings is 2. The number of fused-ring (bicyclic) bond motifs is 1. The van der Waals surface area contributed by atoms with E-state index >= 15 is 0 Å². The number of carbonyl (C=O) groups excluding carboxylic acids is 3. The quantitative estimate of drug-likeness (QED) is 0.441. The lowest BCUT2D eigenvalue weighted by molar-refractivity contribution is -0.133. The topological polar surface area (TPSA) is 106 Å². The van der Waals surface area contributed by atoms with E-state index in [0.29, 0.717) is 6.54 Å². The van der Waals surface area contributed by atoms with Crippen LogP contribution in [0.3, 0.4) is 0 Å². The van der Waals surface area contributed by atoms with Gasteiger partial charge in [-0.05, 0) is 63.8 Å². The van der Waals surface area contributed by atoms with Crippen LogP contribution in [0.15, 0.2) is 54.9 Å². The van der Waals surface area contributed by atoms with Crippen LogP contribution in [0.25, 0.3) is 0 Å². The molecule has 1 aromatic heterocycles. The predicted octanol–water partition coefficient (Wildman–Crippen LogP) is 3.60. The highest BCUT2D eigenvalue weighted by Crippen LogP contribution is 2.38. The molecule has 1 fully saturated rings. The second kappa shape index (κ2) is 10.6. The van der Waals surface area contributed by atoms with Crippen molar-refractivity contribution in [2.75, 3.05) is 0 Å². The van der Waals surface area contributed by atoms with Crippen LogP contribution in [0.4, 0.5) is 0 Å². The van der Waals surface area contributed by atoms with Gasteiger partial charge in [0.15, 0.2) is 5.69 Å². The molecule has 1 atom stereocenters. The molecule has 1 saturated carbocycles. The van der Waals surface area contributed by atoms with Gasteiger partial charge in [0.1, 0.15) is 17.0 Å². The van der Waals surface area contributed by atoms with Gasteiger partial charge in [0, 0.05) is 19.1 Å². The first kappa shape index (κ1) is 26.5. The van der Waals surface area contributed by atoms with Crippen molar-refractivity contribution in [2.24, 2.45) is 0 Å². The Balaban J connectivity index is 1.31. The fourth-order valence-corrected chi connectivity index (χ4v) is 5.14. The maximum atomic E-state index is 13.8. The first-order chi connectivity index (χ1) is 18.7. The molecule has 0 spiro atoms. The molecule has 5 rings (SSSR count). The van der Waals surface area contributed by atoms with Crippen LogP contribution in [0.5, 0.6) is 5.75 Å². The van der Waals surface area contributed by atoms with Gasteiger partial charge in [-0.3, -0.25) is 14.4 Å². The zero-order valence-corrected chi connectivity index (χ0v) is 22.9. The van der Waals surface area contributed by atoms with E-state index in [2.05, 4.69) is 15.6 Å². The lowest BCUT2D eigenvalue weighted by Crippen LogP contribution is -2.64. The molecule has 2 aliphatic rings. The number of nitrogens with zero attached hydrogens (tertiary/aromatic N) is 3. The van der Waals surface area contributed by atoms with Crippen molar-refractivity contribution in [3.63, 3.8) is 0 Å². The van der Waals surface area contributed by atoms with Crippen molar-refractivity contribution in [1.29, 1.82) is 0 Å². The number of nitrogens with one attached hydrogen (secondary N) is 2. The number of aromatic nitrogens is 2. The maximum absolute atomic E-state index is 13.8. The smallest absolute Gasteiger partial charge is 0.274 e. The number of carbonyl (C=O) groups is 3. The van der Waals surface area contributed by atoms with Crippen molar-refractivity contribution in [3.05, 3.63) is 82.9 Å². The zero-order chi connectivity index (χ0) is 27.7. The molecule has 2 aromatic carbocycles. The lowest BCUT2D eigenvalue weighted by Gasteiger charge is -2.44. The standard InChI is InChI=1S/C30H35N5O4/c1-19(2)39-24-12-8-21(9-13-24)15-31-27(36)25-26-28(37)35(23-10-11-23)30(4,17-34(26)18-33-25)29(38)32-16-22-7-5-6-20(3)14-22/h5-9,12-14,18-19,23H,10-11,15-17H2,1-4H3,(H,31,36)(H,32,38)/t30-/m0/s1. The Kier molecular flexibility index (Phi) is 7.16. The molecular weight excluding hydrogens is 494 g/mol. The second-order valence-electron chi connectivity index (χ2n) is 10.9. The Morgan fingerprint density at radius 3 is 2.46 bits per heavy atom. The Morgan fingerprint density at radius 2 is 1.79 bits per heavy atom. The monoisotopic (exact) mass is 529 g/mol. The Hall–Kier alpha value is -4.14. The third-order valence-corrected chi connectivity index (χ3v) is 7.17. The largest absolute Gasteiger partial charge is 0.491 e. The molecule has 2 N–H and O–H groups in total. The van der Waals surface area contributed by atoms with Gasteiger partial charge < -0.3 is 24.8 Å². The molecule has 3 aromatic rings. The number of hydrogen-bond donors (Lipinski definition) is 2. The summed E-state index contributed by atoms with van der Waals surface area (Å²) in [6, 6.07) is 15.4. The zero-order valence-electron chi connectivity index (χ0n) is 22.9. The molecule has 0 unspecified atom stereocenters.